The number of rotatable bonds is 7. The Balaban J connectivity index is 0.928. The highest BCUT2D eigenvalue weighted by molar-refractivity contribution is 6.19. The zero-order valence-electron chi connectivity index (χ0n) is 33.1. The van der Waals surface area contributed by atoms with Crippen LogP contribution >= 0.6 is 0 Å². The van der Waals surface area contributed by atoms with Crippen LogP contribution in [0.25, 0.3) is 99.2 Å². The minimum atomic E-state index is 0.902. The average molecular weight is 780 g/mol. The number of nitrogens with zero attached hydrogens (tertiary/aromatic N) is 1. The van der Waals surface area contributed by atoms with Gasteiger partial charge in [-0.25, -0.2) is 0 Å². The Morgan fingerprint density at radius 2 is 0.836 bits per heavy atom. The molecule has 3 nitrogen and oxygen atoms in total. The number of benzene rings is 10. The smallest absolute Gasteiger partial charge is 0.143 e. The monoisotopic (exact) mass is 779 g/mol. The van der Waals surface area contributed by atoms with E-state index in [2.05, 4.69) is 205 Å². The normalized spacial score (nSPS) is 11.6. The van der Waals surface area contributed by atoms with Crippen molar-refractivity contribution in [3.8, 4) is 44.5 Å². The maximum absolute atomic E-state index is 6.43. The molecule has 0 aliphatic rings. The molecular weight excluding hydrogens is 743 g/mol. The summed E-state index contributed by atoms with van der Waals surface area (Å²) in [6.45, 7) is 0. The highest BCUT2D eigenvalue weighted by Gasteiger charge is 2.19. The molecule has 286 valence electrons. The van der Waals surface area contributed by atoms with E-state index < -0.39 is 0 Å². The molecule has 0 radical (unpaired) electrons. The SMILES string of the molecule is c1ccc(-c2ccccc2N(c2ccc(-c3cccc(-c4ccc5ccc6oc7ccccc7c6c5c4)c3)cc2)c2ccc(-c3cccc4c3oc3ccccc34)cc2)cc1. The molecule has 0 aliphatic carbocycles. The van der Waals surface area contributed by atoms with E-state index in [1.165, 1.54) is 32.8 Å². The van der Waals surface area contributed by atoms with E-state index in [1.807, 2.05) is 24.3 Å². The molecule has 3 heteroatoms. The van der Waals surface area contributed by atoms with Crippen molar-refractivity contribution in [2.24, 2.45) is 0 Å². The van der Waals surface area contributed by atoms with Crippen molar-refractivity contribution >= 4 is 71.7 Å². The predicted molar refractivity (Wildman–Crippen MR) is 255 cm³/mol. The van der Waals surface area contributed by atoms with E-state index in [0.717, 1.165) is 83.4 Å². The largest absolute Gasteiger partial charge is 0.456 e. The van der Waals surface area contributed by atoms with Crippen LogP contribution < -0.4 is 4.90 Å². The maximum atomic E-state index is 6.43. The number of fused-ring (bicyclic) bond motifs is 8. The Morgan fingerprint density at radius 3 is 1.64 bits per heavy atom. The summed E-state index contributed by atoms with van der Waals surface area (Å²) in [6, 6.07) is 80.0. The van der Waals surface area contributed by atoms with Crippen molar-refractivity contribution in [3.05, 3.63) is 224 Å². The third-order valence-corrected chi connectivity index (χ3v) is 12.1. The highest BCUT2D eigenvalue weighted by Crippen LogP contribution is 2.43. The third kappa shape index (κ3) is 5.98. The fourth-order valence-corrected chi connectivity index (χ4v) is 9.13. The molecule has 0 saturated carbocycles. The summed E-state index contributed by atoms with van der Waals surface area (Å²) < 4.78 is 12.7. The molecule has 12 rings (SSSR count). The Bertz CT molecular complexity index is 3580. The molecule has 0 bridgehead atoms. The molecular formula is C58H37NO2. The van der Waals surface area contributed by atoms with Crippen molar-refractivity contribution in [1.82, 2.24) is 0 Å². The van der Waals surface area contributed by atoms with Crippen molar-refractivity contribution in [2.75, 3.05) is 4.90 Å². The van der Waals surface area contributed by atoms with E-state index in [4.69, 9.17) is 8.83 Å². The molecule has 0 spiro atoms. The Kier molecular flexibility index (Phi) is 8.17. The van der Waals surface area contributed by atoms with Crippen LogP contribution in [0.5, 0.6) is 0 Å². The van der Waals surface area contributed by atoms with Crippen LogP contribution in [0.4, 0.5) is 17.1 Å². The second-order valence-corrected chi connectivity index (χ2v) is 15.6. The molecule has 0 amide bonds. The molecule has 0 fully saturated rings. The Hall–Kier alpha value is -8.14. The maximum Gasteiger partial charge on any atom is 0.143 e. The first-order valence-electron chi connectivity index (χ1n) is 20.7. The lowest BCUT2D eigenvalue weighted by molar-refractivity contribution is 0.669. The van der Waals surface area contributed by atoms with Gasteiger partial charge in [-0.2, -0.15) is 0 Å². The summed E-state index contributed by atoms with van der Waals surface area (Å²) in [5.41, 5.74) is 16.0. The van der Waals surface area contributed by atoms with Gasteiger partial charge in [0.2, 0.25) is 0 Å². The highest BCUT2D eigenvalue weighted by atomic mass is 16.3. The predicted octanol–water partition coefficient (Wildman–Crippen LogP) is 16.8. The molecule has 0 saturated heterocycles. The van der Waals surface area contributed by atoms with Gasteiger partial charge in [0.15, 0.2) is 0 Å². The standard InChI is InChI=1S/C58H37NO2/c1-2-12-39(13-3-1)47-16-4-7-21-53(47)59(46-33-28-40(29-34-46)48-19-11-20-50-49-17-5-8-22-54(49)61-58(48)50)45-31-26-38(27-32-45)42-14-10-15-43(36-42)44-25-24-41-30-35-56-57(52(41)37-44)51-18-6-9-23-55(51)60-56/h1-37H. The van der Waals surface area contributed by atoms with Crippen molar-refractivity contribution in [1.29, 1.82) is 0 Å². The van der Waals surface area contributed by atoms with E-state index in [0.29, 0.717) is 0 Å². The van der Waals surface area contributed by atoms with E-state index >= 15 is 0 Å². The van der Waals surface area contributed by atoms with Crippen LogP contribution in [-0.2, 0) is 0 Å². The van der Waals surface area contributed by atoms with Crippen LogP contribution in [-0.4, -0.2) is 0 Å². The molecule has 2 heterocycles. The zero-order valence-corrected chi connectivity index (χ0v) is 33.1. The number of furan rings is 2. The quantitative estimate of drug-likeness (QED) is 0.161. The number of para-hydroxylation sites is 4. The molecule has 61 heavy (non-hydrogen) atoms. The third-order valence-electron chi connectivity index (χ3n) is 12.1. The average Bonchev–Trinajstić information content (AvgIpc) is 3.92. The van der Waals surface area contributed by atoms with Gasteiger partial charge in [0.05, 0.1) is 5.69 Å². The van der Waals surface area contributed by atoms with Gasteiger partial charge in [0.1, 0.15) is 22.3 Å². The van der Waals surface area contributed by atoms with Crippen molar-refractivity contribution in [2.45, 2.75) is 0 Å². The molecule has 0 unspecified atom stereocenters. The molecule has 10 aromatic carbocycles. The summed E-state index contributed by atoms with van der Waals surface area (Å²) in [5.74, 6) is 0. The molecule has 2 aromatic heterocycles. The lowest BCUT2D eigenvalue weighted by Crippen LogP contribution is -2.11. The summed E-state index contributed by atoms with van der Waals surface area (Å²) in [5, 5.41) is 6.97. The van der Waals surface area contributed by atoms with Gasteiger partial charge >= 0.3 is 0 Å². The van der Waals surface area contributed by atoms with Crippen LogP contribution in [0.3, 0.4) is 0 Å². The molecule has 0 aliphatic heterocycles. The van der Waals surface area contributed by atoms with E-state index in [9.17, 15) is 0 Å². The van der Waals surface area contributed by atoms with Gasteiger partial charge in [-0.3, -0.25) is 0 Å². The summed E-state index contributed by atoms with van der Waals surface area (Å²) in [4.78, 5) is 2.36. The summed E-state index contributed by atoms with van der Waals surface area (Å²) in [6.07, 6.45) is 0. The van der Waals surface area contributed by atoms with Crippen LogP contribution in [0.2, 0.25) is 0 Å². The second-order valence-electron chi connectivity index (χ2n) is 15.6. The van der Waals surface area contributed by atoms with Gasteiger partial charge in [-0.15, -0.1) is 0 Å². The topological polar surface area (TPSA) is 29.5 Å². The van der Waals surface area contributed by atoms with Crippen LogP contribution in [0, 0.1) is 0 Å². The first-order chi connectivity index (χ1) is 30.2. The molecule has 0 N–H and O–H groups in total. The zero-order chi connectivity index (χ0) is 40.3. The first-order valence-corrected chi connectivity index (χ1v) is 20.7. The second kappa shape index (κ2) is 14.3. The lowest BCUT2D eigenvalue weighted by Gasteiger charge is -2.28. The van der Waals surface area contributed by atoms with Gasteiger partial charge in [-0.1, -0.05) is 164 Å². The minimum Gasteiger partial charge on any atom is -0.456 e. The Morgan fingerprint density at radius 1 is 0.295 bits per heavy atom. The number of anilines is 3. The number of hydrogen-bond acceptors (Lipinski definition) is 3. The van der Waals surface area contributed by atoms with E-state index in [-0.39, 0.29) is 0 Å². The first kappa shape index (κ1) is 34.9. The fraction of sp³-hybridized carbons (Fsp3) is 0. The summed E-state index contributed by atoms with van der Waals surface area (Å²) >= 11 is 0. The Labute approximate surface area is 353 Å². The van der Waals surface area contributed by atoms with Gasteiger partial charge in [0, 0.05) is 44.0 Å². The molecule has 0 atom stereocenters. The van der Waals surface area contributed by atoms with Crippen molar-refractivity contribution in [3.63, 3.8) is 0 Å². The molecule has 12 aromatic rings. The van der Waals surface area contributed by atoms with Gasteiger partial charge in [-0.05, 0) is 105 Å². The van der Waals surface area contributed by atoms with E-state index in [1.54, 1.807) is 0 Å². The lowest BCUT2D eigenvalue weighted by atomic mass is 9.95. The van der Waals surface area contributed by atoms with Gasteiger partial charge in [0.25, 0.3) is 0 Å². The van der Waals surface area contributed by atoms with Crippen LogP contribution in [0.1, 0.15) is 0 Å². The van der Waals surface area contributed by atoms with Gasteiger partial charge < -0.3 is 13.7 Å². The fourth-order valence-electron chi connectivity index (χ4n) is 9.13. The number of hydrogen-bond donors (Lipinski definition) is 0. The minimum absolute atomic E-state index is 0.902. The van der Waals surface area contributed by atoms with Crippen molar-refractivity contribution < 1.29 is 8.83 Å². The van der Waals surface area contributed by atoms with Crippen LogP contribution in [0.15, 0.2) is 233 Å². The summed E-state index contributed by atoms with van der Waals surface area (Å²) in [7, 11) is 0.